The molecule has 1 aliphatic heterocycles. The molecule has 1 aromatic heterocycles. The van der Waals surface area contributed by atoms with E-state index in [2.05, 4.69) is 16.1 Å². The molecule has 0 atom stereocenters. The average Bonchev–Trinajstić information content (AvgIpc) is 2.85. The molecule has 0 saturated heterocycles. The van der Waals surface area contributed by atoms with E-state index in [0.717, 1.165) is 36.3 Å². The summed E-state index contributed by atoms with van der Waals surface area (Å²) in [4.78, 5) is 13.1. The molecule has 0 spiro atoms. The van der Waals surface area contributed by atoms with Gasteiger partial charge in [-0.15, -0.1) is 0 Å². The van der Waals surface area contributed by atoms with Crippen LogP contribution >= 0.6 is 0 Å². The van der Waals surface area contributed by atoms with Crippen molar-refractivity contribution in [2.24, 2.45) is 0 Å². The molecule has 6 heteroatoms. The first-order valence-corrected chi connectivity index (χ1v) is 7.08. The standard InChI is InChI=1S/C16H16N4O2/c1-19-7-6-15-13(10-19)14(8-17)18-20(15)9-11-2-4-12(5-3-11)16(21)22/h2-5H,6-7,9-10H2,1H3,(H,21,22). The Kier molecular flexibility index (Phi) is 3.65. The second-order valence-corrected chi connectivity index (χ2v) is 5.53. The highest BCUT2D eigenvalue weighted by Gasteiger charge is 2.23. The molecule has 0 unspecified atom stereocenters. The van der Waals surface area contributed by atoms with E-state index >= 15 is 0 Å². The van der Waals surface area contributed by atoms with Gasteiger partial charge in [0.25, 0.3) is 0 Å². The van der Waals surface area contributed by atoms with Gasteiger partial charge in [-0.3, -0.25) is 4.68 Å². The summed E-state index contributed by atoms with van der Waals surface area (Å²) in [5, 5.41) is 22.6. The molecule has 0 aliphatic carbocycles. The van der Waals surface area contributed by atoms with Crippen LogP contribution in [0, 0.1) is 11.3 Å². The molecular weight excluding hydrogens is 280 g/mol. The number of carbonyl (C=O) groups is 1. The van der Waals surface area contributed by atoms with Crippen LogP contribution in [-0.4, -0.2) is 39.3 Å². The van der Waals surface area contributed by atoms with Crippen LogP contribution in [0.1, 0.15) is 32.9 Å². The Hall–Kier alpha value is -2.65. The van der Waals surface area contributed by atoms with Crippen molar-refractivity contribution in [1.29, 1.82) is 5.26 Å². The fraction of sp³-hybridized carbons (Fsp3) is 0.312. The van der Waals surface area contributed by atoms with Crippen molar-refractivity contribution in [3.8, 4) is 6.07 Å². The second kappa shape index (κ2) is 5.62. The molecule has 2 heterocycles. The summed E-state index contributed by atoms with van der Waals surface area (Å²) in [5.74, 6) is -0.933. The third kappa shape index (κ3) is 2.59. The summed E-state index contributed by atoms with van der Waals surface area (Å²) in [7, 11) is 2.03. The van der Waals surface area contributed by atoms with Gasteiger partial charge in [-0.05, 0) is 24.7 Å². The first-order valence-electron chi connectivity index (χ1n) is 7.08. The van der Waals surface area contributed by atoms with Crippen molar-refractivity contribution < 1.29 is 9.90 Å². The van der Waals surface area contributed by atoms with E-state index in [1.165, 1.54) is 0 Å². The molecule has 1 aliphatic rings. The van der Waals surface area contributed by atoms with Crippen LogP contribution in [0.3, 0.4) is 0 Å². The molecule has 112 valence electrons. The number of aromatic carboxylic acids is 1. The fourth-order valence-corrected chi connectivity index (χ4v) is 2.77. The molecule has 3 rings (SSSR count). The highest BCUT2D eigenvalue weighted by Crippen LogP contribution is 2.22. The van der Waals surface area contributed by atoms with Crippen molar-refractivity contribution in [1.82, 2.24) is 14.7 Å². The van der Waals surface area contributed by atoms with Crippen LogP contribution in [-0.2, 0) is 19.5 Å². The highest BCUT2D eigenvalue weighted by molar-refractivity contribution is 5.87. The zero-order valence-corrected chi connectivity index (χ0v) is 12.3. The zero-order valence-electron chi connectivity index (χ0n) is 12.3. The summed E-state index contributed by atoms with van der Waals surface area (Å²) >= 11 is 0. The zero-order chi connectivity index (χ0) is 15.7. The number of nitrogens with zero attached hydrogens (tertiary/aromatic N) is 4. The van der Waals surface area contributed by atoms with E-state index in [1.54, 1.807) is 24.3 Å². The van der Waals surface area contributed by atoms with Gasteiger partial charge >= 0.3 is 5.97 Å². The smallest absolute Gasteiger partial charge is 0.335 e. The summed E-state index contributed by atoms with van der Waals surface area (Å²) in [6.07, 6.45) is 0.869. The van der Waals surface area contributed by atoms with Crippen molar-refractivity contribution in [3.05, 3.63) is 52.3 Å². The Balaban J connectivity index is 1.90. The molecule has 0 bridgehead atoms. The summed E-state index contributed by atoms with van der Waals surface area (Å²) in [5.41, 5.74) is 3.85. The largest absolute Gasteiger partial charge is 0.478 e. The molecule has 0 amide bonds. The minimum absolute atomic E-state index is 0.269. The molecule has 6 nitrogen and oxygen atoms in total. The maximum Gasteiger partial charge on any atom is 0.335 e. The quantitative estimate of drug-likeness (QED) is 0.928. The topological polar surface area (TPSA) is 82.2 Å². The molecule has 22 heavy (non-hydrogen) atoms. The van der Waals surface area contributed by atoms with Gasteiger partial charge in [0.1, 0.15) is 6.07 Å². The fourth-order valence-electron chi connectivity index (χ4n) is 2.77. The second-order valence-electron chi connectivity index (χ2n) is 5.53. The Morgan fingerprint density at radius 1 is 1.41 bits per heavy atom. The van der Waals surface area contributed by atoms with Crippen LogP contribution in [0.4, 0.5) is 0 Å². The first-order chi connectivity index (χ1) is 10.6. The first kappa shape index (κ1) is 14.3. The Bertz CT molecular complexity index is 756. The SMILES string of the molecule is CN1CCc2c(c(C#N)nn2Cc2ccc(C(=O)O)cc2)C1. The average molecular weight is 296 g/mol. The van der Waals surface area contributed by atoms with Gasteiger partial charge in [0.05, 0.1) is 12.1 Å². The van der Waals surface area contributed by atoms with Crippen LogP contribution in [0.15, 0.2) is 24.3 Å². The lowest BCUT2D eigenvalue weighted by Crippen LogP contribution is -2.27. The number of rotatable bonds is 3. The lowest BCUT2D eigenvalue weighted by Gasteiger charge is -2.23. The van der Waals surface area contributed by atoms with Crippen molar-refractivity contribution in [2.45, 2.75) is 19.5 Å². The van der Waals surface area contributed by atoms with E-state index < -0.39 is 5.97 Å². The van der Waals surface area contributed by atoms with Crippen molar-refractivity contribution in [3.63, 3.8) is 0 Å². The van der Waals surface area contributed by atoms with Crippen LogP contribution in [0.5, 0.6) is 0 Å². The predicted molar refractivity (Wildman–Crippen MR) is 79.5 cm³/mol. The van der Waals surface area contributed by atoms with Gasteiger partial charge in [-0.1, -0.05) is 12.1 Å². The summed E-state index contributed by atoms with van der Waals surface area (Å²) < 4.78 is 1.87. The number of hydrogen-bond acceptors (Lipinski definition) is 4. The molecule has 1 aromatic carbocycles. The Labute approximate surface area is 128 Å². The Morgan fingerprint density at radius 3 is 2.77 bits per heavy atom. The van der Waals surface area contributed by atoms with Gasteiger partial charge in [0.15, 0.2) is 5.69 Å². The van der Waals surface area contributed by atoms with Gasteiger partial charge in [-0.2, -0.15) is 10.4 Å². The number of benzene rings is 1. The number of fused-ring (bicyclic) bond motifs is 1. The maximum absolute atomic E-state index is 10.9. The number of likely N-dealkylation sites (N-methyl/N-ethyl adjacent to an activating group) is 1. The number of nitriles is 1. The number of aromatic nitrogens is 2. The number of carboxylic acids is 1. The summed E-state index contributed by atoms with van der Waals surface area (Å²) in [6, 6.07) is 8.93. The van der Waals surface area contributed by atoms with Crippen molar-refractivity contribution in [2.75, 3.05) is 13.6 Å². The number of carboxylic acid groups (broad SMARTS) is 1. The molecule has 0 saturated carbocycles. The number of hydrogen-bond donors (Lipinski definition) is 1. The molecule has 1 N–H and O–H groups in total. The van der Waals surface area contributed by atoms with E-state index in [0.29, 0.717) is 12.2 Å². The van der Waals surface area contributed by atoms with Gasteiger partial charge in [0.2, 0.25) is 0 Å². The third-order valence-corrected chi connectivity index (χ3v) is 3.96. The van der Waals surface area contributed by atoms with Crippen LogP contribution in [0.25, 0.3) is 0 Å². The van der Waals surface area contributed by atoms with Gasteiger partial charge in [0, 0.05) is 30.8 Å². The van der Waals surface area contributed by atoms with Crippen LogP contribution in [0.2, 0.25) is 0 Å². The molecule has 0 radical (unpaired) electrons. The molecular formula is C16H16N4O2. The van der Waals surface area contributed by atoms with E-state index in [1.807, 2.05) is 11.7 Å². The van der Waals surface area contributed by atoms with Gasteiger partial charge < -0.3 is 10.0 Å². The monoisotopic (exact) mass is 296 g/mol. The lowest BCUT2D eigenvalue weighted by atomic mass is 10.1. The highest BCUT2D eigenvalue weighted by atomic mass is 16.4. The van der Waals surface area contributed by atoms with Gasteiger partial charge in [-0.25, -0.2) is 4.79 Å². The summed E-state index contributed by atoms with van der Waals surface area (Å²) in [6.45, 7) is 2.24. The van der Waals surface area contributed by atoms with E-state index in [4.69, 9.17) is 5.11 Å². The van der Waals surface area contributed by atoms with Crippen LogP contribution < -0.4 is 0 Å². The van der Waals surface area contributed by atoms with E-state index in [9.17, 15) is 10.1 Å². The molecule has 2 aromatic rings. The van der Waals surface area contributed by atoms with Crippen molar-refractivity contribution >= 4 is 5.97 Å². The lowest BCUT2D eigenvalue weighted by molar-refractivity contribution is 0.0697. The predicted octanol–water partition coefficient (Wildman–Crippen LogP) is 1.49. The third-order valence-electron chi connectivity index (χ3n) is 3.96. The minimum Gasteiger partial charge on any atom is -0.478 e. The maximum atomic E-state index is 10.9. The van der Waals surface area contributed by atoms with E-state index in [-0.39, 0.29) is 5.56 Å². The molecule has 0 fully saturated rings. The normalized spacial score (nSPS) is 14.4. The Morgan fingerprint density at radius 2 is 2.14 bits per heavy atom. The minimum atomic E-state index is -0.933.